The monoisotopic (exact) mass is 302 g/mol. The van der Waals surface area contributed by atoms with E-state index >= 15 is 0 Å². The van der Waals surface area contributed by atoms with Crippen LogP contribution >= 0.6 is 0 Å². The van der Waals surface area contributed by atoms with Gasteiger partial charge in [-0.1, -0.05) is 5.16 Å². The topological polar surface area (TPSA) is 106 Å². The van der Waals surface area contributed by atoms with Crippen LogP contribution < -0.4 is 10.9 Å². The van der Waals surface area contributed by atoms with Crippen LogP contribution in [-0.2, 0) is 9.53 Å². The maximum absolute atomic E-state index is 11.9. The van der Waals surface area contributed by atoms with Crippen LogP contribution in [0.1, 0.15) is 23.3 Å². The second-order valence-electron chi connectivity index (χ2n) is 4.76. The highest BCUT2D eigenvalue weighted by atomic mass is 16.5. The zero-order valence-electron chi connectivity index (χ0n) is 11.6. The molecule has 2 N–H and O–H groups in total. The summed E-state index contributed by atoms with van der Waals surface area (Å²) in [7, 11) is 0. The van der Waals surface area contributed by atoms with E-state index in [-0.39, 0.29) is 11.6 Å². The largest absolute Gasteiger partial charge is 0.368 e. The number of ether oxygens (including phenoxy) is 1. The molecule has 0 aromatic carbocycles. The van der Waals surface area contributed by atoms with Gasteiger partial charge in [0.2, 0.25) is 0 Å². The molecule has 0 bridgehead atoms. The fraction of sp³-hybridized carbons (Fsp3) is 0.286. The fourth-order valence-corrected chi connectivity index (χ4v) is 2.07. The van der Waals surface area contributed by atoms with Gasteiger partial charge in [-0.2, -0.15) is 0 Å². The number of aromatic nitrogens is 2. The highest BCUT2D eigenvalue weighted by molar-refractivity contribution is 5.94. The van der Waals surface area contributed by atoms with Crippen molar-refractivity contribution in [3.63, 3.8) is 0 Å². The lowest BCUT2D eigenvalue weighted by Gasteiger charge is -2.10. The molecule has 1 fully saturated rings. The van der Waals surface area contributed by atoms with Crippen molar-refractivity contribution in [2.45, 2.75) is 18.9 Å². The highest BCUT2D eigenvalue weighted by Gasteiger charge is 2.24. The van der Waals surface area contributed by atoms with Crippen molar-refractivity contribution in [3.8, 4) is 11.3 Å². The van der Waals surface area contributed by atoms with Crippen molar-refractivity contribution < 1.29 is 18.8 Å². The second-order valence-corrected chi connectivity index (χ2v) is 4.76. The molecule has 8 nitrogen and oxygen atoms in total. The van der Waals surface area contributed by atoms with E-state index in [1.807, 2.05) is 0 Å². The van der Waals surface area contributed by atoms with Gasteiger partial charge in [-0.05, 0) is 25.0 Å². The number of hydrogen-bond acceptors (Lipinski definition) is 6. The minimum atomic E-state index is -0.565. The third-order valence-corrected chi connectivity index (χ3v) is 3.21. The zero-order valence-corrected chi connectivity index (χ0v) is 11.6. The van der Waals surface area contributed by atoms with E-state index in [4.69, 9.17) is 9.26 Å². The Kier molecular flexibility index (Phi) is 4.10. The van der Waals surface area contributed by atoms with Gasteiger partial charge in [0, 0.05) is 30.6 Å². The molecule has 1 atom stereocenters. The number of amides is 2. The summed E-state index contributed by atoms with van der Waals surface area (Å²) in [5.74, 6) is -0.518. The molecule has 22 heavy (non-hydrogen) atoms. The lowest BCUT2D eigenvalue weighted by molar-refractivity contribution is -0.130. The average Bonchev–Trinajstić information content (AvgIpc) is 3.24. The van der Waals surface area contributed by atoms with Gasteiger partial charge in [-0.15, -0.1) is 0 Å². The number of rotatable bonds is 3. The molecule has 1 aliphatic heterocycles. The van der Waals surface area contributed by atoms with E-state index in [0.29, 0.717) is 24.4 Å². The van der Waals surface area contributed by atoms with Gasteiger partial charge in [0.15, 0.2) is 11.5 Å². The van der Waals surface area contributed by atoms with Crippen LogP contribution in [-0.4, -0.2) is 34.7 Å². The highest BCUT2D eigenvalue weighted by Crippen LogP contribution is 2.18. The number of hydrazine groups is 1. The number of nitrogens with zero attached hydrogens (tertiary/aromatic N) is 2. The molecule has 1 aliphatic rings. The van der Waals surface area contributed by atoms with Crippen LogP contribution in [0.3, 0.4) is 0 Å². The van der Waals surface area contributed by atoms with Crippen LogP contribution in [0.5, 0.6) is 0 Å². The number of hydrogen-bond donors (Lipinski definition) is 2. The minimum Gasteiger partial charge on any atom is -0.368 e. The predicted octanol–water partition coefficient (Wildman–Crippen LogP) is 0.677. The van der Waals surface area contributed by atoms with Gasteiger partial charge in [0.25, 0.3) is 11.8 Å². The maximum Gasteiger partial charge on any atom is 0.291 e. The molecular formula is C14H14N4O4. The molecule has 1 unspecified atom stereocenters. The predicted molar refractivity (Wildman–Crippen MR) is 74.3 cm³/mol. The summed E-state index contributed by atoms with van der Waals surface area (Å²) in [5, 5.41) is 3.67. The SMILES string of the molecule is O=C(NNC(=O)C1CCCO1)c1cc(-c2cccnc2)on1. The molecule has 0 aliphatic carbocycles. The maximum atomic E-state index is 11.9. The molecule has 2 amide bonds. The first-order chi connectivity index (χ1) is 10.7. The Morgan fingerprint density at radius 3 is 2.95 bits per heavy atom. The van der Waals surface area contributed by atoms with E-state index in [2.05, 4.69) is 21.0 Å². The Morgan fingerprint density at radius 2 is 2.23 bits per heavy atom. The lowest BCUT2D eigenvalue weighted by atomic mass is 10.2. The van der Waals surface area contributed by atoms with E-state index in [1.54, 1.807) is 24.5 Å². The third kappa shape index (κ3) is 3.12. The quantitative estimate of drug-likeness (QED) is 0.807. The summed E-state index contributed by atoms with van der Waals surface area (Å²) >= 11 is 0. The van der Waals surface area contributed by atoms with Gasteiger partial charge in [0.1, 0.15) is 6.10 Å². The van der Waals surface area contributed by atoms with Crippen LogP contribution in [0.2, 0.25) is 0 Å². The van der Waals surface area contributed by atoms with Crippen molar-refractivity contribution in [2.75, 3.05) is 6.61 Å². The molecular weight excluding hydrogens is 288 g/mol. The minimum absolute atomic E-state index is 0.0616. The van der Waals surface area contributed by atoms with Gasteiger partial charge < -0.3 is 9.26 Å². The fourth-order valence-electron chi connectivity index (χ4n) is 2.07. The first kappa shape index (κ1) is 14.2. The van der Waals surface area contributed by atoms with Crippen molar-refractivity contribution in [1.82, 2.24) is 21.0 Å². The first-order valence-corrected chi connectivity index (χ1v) is 6.83. The summed E-state index contributed by atoms with van der Waals surface area (Å²) < 4.78 is 10.3. The Morgan fingerprint density at radius 1 is 1.32 bits per heavy atom. The van der Waals surface area contributed by atoms with E-state index in [0.717, 1.165) is 6.42 Å². The molecule has 114 valence electrons. The van der Waals surface area contributed by atoms with Crippen LogP contribution in [0, 0.1) is 0 Å². The molecule has 2 aromatic rings. The van der Waals surface area contributed by atoms with E-state index in [9.17, 15) is 9.59 Å². The van der Waals surface area contributed by atoms with Gasteiger partial charge in [-0.3, -0.25) is 25.4 Å². The summed E-state index contributed by atoms with van der Waals surface area (Å²) in [6, 6.07) is 5.01. The summed E-state index contributed by atoms with van der Waals surface area (Å²) in [6.45, 7) is 0.559. The zero-order chi connectivity index (χ0) is 15.4. The Hall–Kier alpha value is -2.74. The van der Waals surface area contributed by atoms with Crippen molar-refractivity contribution >= 4 is 11.8 Å². The number of nitrogens with one attached hydrogen (secondary N) is 2. The number of carbonyl (C=O) groups excluding carboxylic acids is 2. The Balaban J connectivity index is 1.59. The third-order valence-electron chi connectivity index (χ3n) is 3.21. The van der Waals surface area contributed by atoms with Gasteiger partial charge in [-0.25, -0.2) is 0 Å². The smallest absolute Gasteiger partial charge is 0.291 e. The summed E-state index contributed by atoms with van der Waals surface area (Å²) in [6.07, 6.45) is 4.21. The molecule has 3 heterocycles. The van der Waals surface area contributed by atoms with Crippen molar-refractivity contribution in [1.29, 1.82) is 0 Å². The normalized spacial score (nSPS) is 17.2. The van der Waals surface area contributed by atoms with Crippen LogP contribution in [0.4, 0.5) is 0 Å². The number of pyridine rings is 1. The van der Waals surface area contributed by atoms with Crippen molar-refractivity contribution in [2.24, 2.45) is 0 Å². The molecule has 0 radical (unpaired) electrons. The molecule has 2 aromatic heterocycles. The van der Waals surface area contributed by atoms with E-state index in [1.165, 1.54) is 6.07 Å². The van der Waals surface area contributed by atoms with Crippen LogP contribution in [0.15, 0.2) is 35.1 Å². The Labute approximate surface area is 125 Å². The van der Waals surface area contributed by atoms with Crippen LogP contribution in [0.25, 0.3) is 11.3 Å². The van der Waals surface area contributed by atoms with Gasteiger partial charge >= 0.3 is 0 Å². The molecule has 0 spiro atoms. The number of carbonyl (C=O) groups is 2. The first-order valence-electron chi connectivity index (χ1n) is 6.83. The molecule has 8 heteroatoms. The van der Waals surface area contributed by atoms with Gasteiger partial charge in [0.05, 0.1) is 0 Å². The van der Waals surface area contributed by atoms with E-state index < -0.39 is 12.0 Å². The summed E-state index contributed by atoms with van der Waals surface area (Å²) in [5.41, 5.74) is 5.37. The Bertz CT molecular complexity index is 664. The molecule has 0 saturated carbocycles. The standard InChI is InChI=1S/C14H14N4O4/c19-13(16-17-14(20)11-4-2-6-21-11)10-7-12(22-18-10)9-3-1-5-15-8-9/h1,3,5,7-8,11H,2,4,6H2,(H,16,19)(H,17,20). The average molecular weight is 302 g/mol. The summed E-state index contributed by atoms with van der Waals surface area (Å²) in [4.78, 5) is 27.6. The molecule has 1 saturated heterocycles. The lowest BCUT2D eigenvalue weighted by Crippen LogP contribution is -2.46. The van der Waals surface area contributed by atoms with Crippen molar-refractivity contribution in [3.05, 3.63) is 36.3 Å². The second kappa shape index (κ2) is 6.35. The molecule has 3 rings (SSSR count).